The SMILES string of the molecule is Cc1ccc(C)c(NC(=O)CCCc2c(-c3ccc4ccccc4n3)[nH]c3ccc(F)cc23)c1. The van der Waals surface area contributed by atoms with Crippen molar-refractivity contribution >= 4 is 33.4 Å². The van der Waals surface area contributed by atoms with Crippen molar-refractivity contribution in [2.45, 2.75) is 33.1 Å². The zero-order valence-electron chi connectivity index (χ0n) is 19.3. The van der Waals surface area contributed by atoms with Crippen LogP contribution >= 0.6 is 0 Å². The molecule has 0 radical (unpaired) electrons. The first-order valence-electron chi connectivity index (χ1n) is 11.5. The van der Waals surface area contributed by atoms with Crippen LogP contribution in [-0.2, 0) is 11.2 Å². The molecule has 2 N–H and O–H groups in total. The Labute approximate surface area is 197 Å². The van der Waals surface area contributed by atoms with Gasteiger partial charge in [-0.25, -0.2) is 9.37 Å². The summed E-state index contributed by atoms with van der Waals surface area (Å²) in [6.45, 7) is 3.99. The second-order valence-electron chi connectivity index (χ2n) is 8.78. The van der Waals surface area contributed by atoms with Gasteiger partial charge in [0.1, 0.15) is 5.82 Å². The average molecular weight is 452 g/mol. The molecular formula is C29H26FN3O. The Bertz CT molecular complexity index is 1520. The maximum atomic E-state index is 14.1. The van der Waals surface area contributed by atoms with Crippen LogP contribution in [0.4, 0.5) is 10.1 Å². The molecule has 5 rings (SSSR count). The van der Waals surface area contributed by atoms with Gasteiger partial charge in [0, 0.05) is 28.4 Å². The monoisotopic (exact) mass is 451 g/mol. The zero-order valence-corrected chi connectivity index (χ0v) is 19.3. The van der Waals surface area contributed by atoms with Gasteiger partial charge in [0.15, 0.2) is 0 Å². The van der Waals surface area contributed by atoms with Crippen LogP contribution in [0.5, 0.6) is 0 Å². The second kappa shape index (κ2) is 9.10. The van der Waals surface area contributed by atoms with Crippen LogP contribution in [-0.4, -0.2) is 15.9 Å². The van der Waals surface area contributed by atoms with E-state index in [1.165, 1.54) is 6.07 Å². The predicted octanol–water partition coefficient (Wildman–Crippen LogP) is 7.10. The molecule has 0 unspecified atom stereocenters. The van der Waals surface area contributed by atoms with E-state index in [1.807, 2.05) is 68.4 Å². The first-order valence-corrected chi connectivity index (χ1v) is 11.5. The summed E-state index contributed by atoms with van der Waals surface area (Å²) >= 11 is 0. The normalized spacial score (nSPS) is 11.3. The number of para-hydroxylation sites is 1. The zero-order chi connectivity index (χ0) is 23.7. The number of nitrogens with one attached hydrogen (secondary N) is 2. The molecule has 0 aliphatic rings. The minimum Gasteiger partial charge on any atom is -0.353 e. The Morgan fingerprint density at radius 3 is 2.74 bits per heavy atom. The van der Waals surface area contributed by atoms with Crippen molar-refractivity contribution in [3.05, 3.63) is 95.3 Å². The first-order chi connectivity index (χ1) is 16.5. The number of carbonyl (C=O) groups excluding carboxylic acids is 1. The Morgan fingerprint density at radius 1 is 1.00 bits per heavy atom. The smallest absolute Gasteiger partial charge is 0.224 e. The van der Waals surface area contributed by atoms with E-state index in [1.54, 1.807) is 12.1 Å². The number of H-pyrrole nitrogens is 1. The number of hydrogen-bond acceptors (Lipinski definition) is 2. The van der Waals surface area contributed by atoms with Crippen LogP contribution in [0, 0.1) is 19.7 Å². The molecule has 5 aromatic rings. The van der Waals surface area contributed by atoms with E-state index in [9.17, 15) is 9.18 Å². The van der Waals surface area contributed by atoms with Gasteiger partial charge in [0.2, 0.25) is 5.91 Å². The van der Waals surface area contributed by atoms with Gasteiger partial charge in [0.25, 0.3) is 0 Å². The number of carbonyl (C=O) groups is 1. The van der Waals surface area contributed by atoms with Gasteiger partial charge in [-0.1, -0.05) is 36.4 Å². The summed E-state index contributed by atoms with van der Waals surface area (Å²) in [6, 6.07) is 22.8. The van der Waals surface area contributed by atoms with E-state index in [4.69, 9.17) is 4.98 Å². The number of fused-ring (bicyclic) bond motifs is 2. The molecule has 0 aliphatic heterocycles. The van der Waals surface area contributed by atoms with E-state index >= 15 is 0 Å². The van der Waals surface area contributed by atoms with Crippen molar-refractivity contribution in [3.8, 4) is 11.4 Å². The number of pyridine rings is 1. The van der Waals surface area contributed by atoms with Crippen LogP contribution in [0.25, 0.3) is 33.2 Å². The lowest BCUT2D eigenvalue weighted by Gasteiger charge is -2.10. The summed E-state index contributed by atoms with van der Waals surface area (Å²) in [6.07, 6.45) is 1.65. The van der Waals surface area contributed by atoms with E-state index < -0.39 is 0 Å². The summed E-state index contributed by atoms with van der Waals surface area (Å²) in [4.78, 5) is 20.9. The van der Waals surface area contributed by atoms with Gasteiger partial charge in [0.05, 0.1) is 16.9 Å². The molecule has 0 saturated carbocycles. The molecule has 2 aromatic heterocycles. The van der Waals surface area contributed by atoms with Crippen LogP contribution in [0.2, 0.25) is 0 Å². The van der Waals surface area contributed by atoms with Gasteiger partial charge in [-0.3, -0.25) is 4.79 Å². The molecule has 0 fully saturated rings. The lowest BCUT2D eigenvalue weighted by atomic mass is 10.0. The van der Waals surface area contributed by atoms with Crippen molar-refractivity contribution < 1.29 is 9.18 Å². The highest BCUT2D eigenvalue weighted by molar-refractivity contribution is 5.93. The number of hydrogen-bond donors (Lipinski definition) is 2. The fourth-order valence-electron chi connectivity index (χ4n) is 4.41. The molecule has 1 amide bonds. The third-order valence-electron chi connectivity index (χ3n) is 6.22. The van der Waals surface area contributed by atoms with Crippen molar-refractivity contribution in [1.82, 2.24) is 9.97 Å². The summed E-state index contributed by atoms with van der Waals surface area (Å²) in [5, 5.41) is 4.93. The van der Waals surface area contributed by atoms with E-state index in [2.05, 4.69) is 10.3 Å². The van der Waals surface area contributed by atoms with Crippen LogP contribution in [0.1, 0.15) is 29.5 Å². The van der Waals surface area contributed by atoms with E-state index in [0.29, 0.717) is 19.3 Å². The largest absolute Gasteiger partial charge is 0.353 e. The molecule has 34 heavy (non-hydrogen) atoms. The summed E-state index contributed by atoms with van der Waals surface area (Å²) in [5.74, 6) is -0.302. The molecule has 2 heterocycles. The highest BCUT2D eigenvalue weighted by atomic mass is 19.1. The molecule has 5 heteroatoms. The maximum Gasteiger partial charge on any atom is 0.224 e. The van der Waals surface area contributed by atoms with Crippen molar-refractivity contribution in [3.63, 3.8) is 0 Å². The van der Waals surface area contributed by atoms with E-state index in [-0.39, 0.29) is 11.7 Å². The fraction of sp³-hybridized carbons (Fsp3) is 0.172. The molecule has 0 spiro atoms. The Balaban J connectivity index is 1.41. The summed E-state index contributed by atoms with van der Waals surface area (Å²) in [7, 11) is 0. The van der Waals surface area contributed by atoms with Crippen molar-refractivity contribution in [1.29, 1.82) is 0 Å². The lowest BCUT2D eigenvalue weighted by molar-refractivity contribution is -0.116. The highest BCUT2D eigenvalue weighted by Gasteiger charge is 2.16. The quantitative estimate of drug-likeness (QED) is 0.289. The van der Waals surface area contributed by atoms with Crippen LogP contribution in [0.3, 0.4) is 0 Å². The molecule has 0 atom stereocenters. The van der Waals surface area contributed by atoms with Gasteiger partial charge in [-0.15, -0.1) is 0 Å². The lowest BCUT2D eigenvalue weighted by Crippen LogP contribution is -2.12. The highest BCUT2D eigenvalue weighted by Crippen LogP contribution is 2.32. The van der Waals surface area contributed by atoms with Crippen LogP contribution < -0.4 is 5.32 Å². The second-order valence-corrected chi connectivity index (χ2v) is 8.78. The number of aromatic amines is 1. The molecule has 0 aliphatic carbocycles. The standard InChI is InChI=1S/C29H26FN3O/c1-18-10-11-19(2)27(16-18)32-28(34)9-5-7-22-23-17-21(30)13-15-25(23)33-29(22)26-14-12-20-6-3-4-8-24(20)31-26/h3-4,6,8,10-17,33H,5,7,9H2,1-2H3,(H,32,34). The number of rotatable bonds is 6. The number of nitrogens with zero attached hydrogens (tertiary/aromatic N) is 1. The minimum absolute atomic E-state index is 0.0231. The molecule has 3 aromatic carbocycles. The van der Waals surface area contributed by atoms with Gasteiger partial charge < -0.3 is 10.3 Å². The van der Waals surface area contributed by atoms with Crippen molar-refractivity contribution in [2.75, 3.05) is 5.32 Å². The molecule has 170 valence electrons. The number of aryl methyl sites for hydroxylation is 3. The fourth-order valence-corrected chi connectivity index (χ4v) is 4.41. The molecule has 4 nitrogen and oxygen atoms in total. The van der Waals surface area contributed by atoms with Gasteiger partial charge in [-0.05, 0) is 79.8 Å². The summed E-state index contributed by atoms with van der Waals surface area (Å²) < 4.78 is 14.1. The molecule has 0 bridgehead atoms. The predicted molar refractivity (Wildman–Crippen MR) is 136 cm³/mol. The first kappa shape index (κ1) is 21.8. The Hall–Kier alpha value is -3.99. The minimum atomic E-state index is -0.279. The van der Waals surface area contributed by atoms with E-state index in [0.717, 1.165) is 55.6 Å². The molecular weight excluding hydrogens is 425 g/mol. The van der Waals surface area contributed by atoms with Crippen LogP contribution in [0.15, 0.2) is 72.8 Å². The number of aromatic nitrogens is 2. The number of anilines is 1. The third kappa shape index (κ3) is 4.42. The maximum absolute atomic E-state index is 14.1. The Morgan fingerprint density at radius 2 is 1.85 bits per heavy atom. The third-order valence-corrected chi connectivity index (χ3v) is 6.22. The summed E-state index contributed by atoms with van der Waals surface area (Å²) in [5.41, 5.74) is 7.43. The number of amides is 1. The number of halogens is 1. The average Bonchev–Trinajstić information content (AvgIpc) is 3.19. The van der Waals surface area contributed by atoms with Gasteiger partial charge >= 0.3 is 0 Å². The number of benzene rings is 3. The Kier molecular flexibility index (Phi) is 5.84. The van der Waals surface area contributed by atoms with Gasteiger partial charge in [-0.2, -0.15) is 0 Å². The topological polar surface area (TPSA) is 57.8 Å². The molecule has 0 saturated heterocycles. The van der Waals surface area contributed by atoms with Crippen molar-refractivity contribution in [2.24, 2.45) is 0 Å².